The highest BCUT2D eigenvalue weighted by molar-refractivity contribution is 5.46. The van der Waals surface area contributed by atoms with Crippen molar-refractivity contribution in [2.75, 3.05) is 31.2 Å². The molecule has 1 fully saturated rings. The van der Waals surface area contributed by atoms with E-state index in [9.17, 15) is 0 Å². The molecule has 1 aromatic rings. The first-order valence-electron chi connectivity index (χ1n) is 4.87. The first-order valence-corrected chi connectivity index (χ1v) is 4.87. The number of nitrogens with two attached hydrogens (primary N) is 1. The highest BCUT2D eigenvalue weighted by Gasteiger charge is 2.11. The van der Waals surface area contributed by atoms with Crippen molar-refractivity contribution in [3.63, 3.8) is 0 Å². The molecule has 2 rings (SSSR count). The average Bonchev–Trinajstić information content (AvgIpc) is 2.30. The molecule has 0 saturated carbocycles. The Hall–Kier alpha value is -1.13. The van der Waals surface area contributed by atoms with Crippen LogP contribution >= 0.6 is 0 Å². The van der Waals surface area contributed by atoms with Gasteiger partial charge < -0.3 is 15.4 Å². The zero-order chi connectivity index (χ0) is 9.80. The lowest BCUT2D eigenvalue weighted by Gasteiger charge is -2.28. The van der Waals surface area contributed by atoms with Gasteiger partial charge in [-0.15, -0.1) is 0 Å². The number of anilines is 1. The molecule has 1 aromatic heterocycles. The zero-order valence-corrected chi connectivity index (χ0v) is 8.15. The van der Waals surface area contributed by atoms with Gasteiger partial charge >= 0.3 is 0 Å². The molecule has 4 heteroatoms. The van der Waals surface area contributed by atoms with Crippen LogP contribution in [0.3, 0.4) is 0 Å². The van der Waals surface area contributed by atoms with E-state index in [1.54, 1.807) is 0 Å². The Morgan fingerprint density at radius 1 is 1.36 bits per heavy atom. The van der Waals surface area contributed by atoms with Gasteiger partial charge in [-0.1, -0.05) is 0 Å². The lowest BCUT2D eigenvalue weighted by molar-refractivity contribution is 0.122. The third-order valence-electron chi connectivity index (χ3n) is 2.39. The molecule has 0 bridgehead atoms. The maximum absolute atomic E-state index is 5.57. The Morgan fingerprint density at radius 3 is 2.86 bits per heavy atom. The maximum Gasteiger partial charge on any atom is 0.0642 e. The summed E-state index contributed by atoms with van der Waals surface area (Å²) in [7, 11) is 0. The normalized spacial score (nSPS) is 17.1. The minimum Gasteiger partial charge on any atom is -0.378 e. The topological polar surface area (TPSA) is 51.4 Å². The van der Waals surface area contributed by atoms with Crippen molar-refractivity contribution in [2.24, 2.45) is 5.73 Å². The van der Waals surface area contributed by atoms with E-state index in [0.717, 1.165) is 37.6 Å². The number of ether oxygens (including phenoxy) is 1. The molecule has 1 saturated heterocycles. The molecule has 76 valence electrons. The SMILES string of the molecule is NCc1cncc(N2CCOCC2)c1. The fourth-order valence-electron chi connectivity index (χ4n) is 1.58. The Bertz CT molecular complexity index is 297. The highest BCUT2D eigenvalue weighted by atomic mass is 16.5. The first kappa shape index (κ1) is 9.43. The van der Waals surface area contributed by atoms with Gasteiger partial charge in [0, 0.05) is 25.8 Å². The van der Waals surface area contributed by atoms with Gasteiger partial charge in [-0.25, -0.2) is 0 Å². The predicted octanol–water partition coefficient (Wildman–Crippen LogP) is 0.377. The second kappa shape index (κ2) is 4.39. The summed E-state index contributed by atoms with van der Waals surface area (Å²) in [6.07, 6.45) is 3.69. The van der Waals surface area contributed by atoms with E-state index in [1.807, 2.05) is 12.4 Å². The Labute approximate surface area is 83.7 Å². The summed E-state index contributed by atoms with van der Waals surface area (Å²) < 4.78 is 5.29. The van der Waals surface area contributed by atoms with Crippen LogP contribution < -0.4 is 10.6 Å². The summed E-state index contributed by atoms with van der Waals surface area (Å²) in [6, 6.07) is 2.10. The summed E-state index contributed by atoms with van der Waals surface area (Å²) in [6.45, 7) is 4.02. The molecule has 0 unspecified atom stereocenters. The van der Waals surface area contributed by atoms with Crippen molar-refractivity contribution in [3.8, 4) is 0 Å². The summed E-state index contributed by atoms with van der Waals surface area (Å²) in [5.41, 5.74) is 7.79. The molecule has 1 aliphatic heterocycles. The Morgan fingerprint density at radius 2 is 2.14 bits per heavy atom. The van der Waals surface area contributed by atoms with E-state index in [2.05, 4.69) is 16.0 Å². The van der Waals surface area contributed by atoms with Gasteiger partial charge in [-0.3, -0.25) is 4.98 Å². The molecule has 0 amide bonds. The van der Waals surface area contributed by atoms with E-state index >= 15 is 0 Å². The van der Waals surface area contributed by atoms with Gasteiger partial charge in [0.15, 0.2) is 0 Å². The molecule has 2 N–H and O–H groups in total. The van der Waals surface area contributed by atoms with Gasteiger partial charge in [-0.2, -0.15) is 0 Å². The van der Waals surface area contributed by atoms with Crippen molar-refractivity contribution in [1.29, 1.82) is 0 Å². The number of aromatic nitrogens is 1. The van der Waals surface area contributed by atoms with Gasteiger partial charge in [0.25, 0.3) is 0 Å². The van der Waals surface area contributed by atoms with Crippen molar-refractivity contribution in [3.05, 3.63) is 24.0 Å². The van der Waals surface area contributed by atoms with Crippen LogP contribution in [0.25, 0.3) is 0 Å². The van der Waals surface area contributed by atoms with E-state index in [-0.39, 0.29) is 0 Å². The van der Waals surface area contributed by atoms with Crippen LogP contribution in [0.2, 0.25) is 0 Å². The van der Waals surface area contributed by atoms with Gasteiger partial charge in [-0.05, 0) is 11.6 Å². The average molecular weight is 193 g/mol. The number of pyridine rings is 1. The monoisotopic (exact) mass is 193 g/mol. The number of nitrogens with zero attached hydrogens (tertiary/aromatic N) is 2. The molecule has 0 aliphatic carbocycles. The molecule has 2 heterocycles. The second-order valence-corrected chi connectivity index (χ2v) is 3.35. The maximum atomic E-state index is 5.57. The summed E-state index contributed by atoms with van der Waals surface area (Å²) in [4.78, 5) is 6.44. The second-order valence-electron chi connectivity index (χ2n) is 3.35. The predicted molar refractivity (Wildman–Crippen MR) is 55.2 cm³/mol. The summed E-state index contributed by atoms with van der Waals surface area (Å²) in [5, 5.41) is 0. The molecule has 4 nitrogen and oxygen atoms in total. The number of morpholine rings is 1. The van der Waals surface area contributed by atoms with Crippen LogP contribution in [0.5, 0.6) is 0 Å². The summed E-state index contributed by atoms with van der Waals surface area (Å²) >= 11 is 0. The fraction of sp³-hybridized carbons (Fsp3) is 0.500. The first-order chi connectivity index (χ1) is 6.90. The molecule has 0 spiro atoms. The van der Waals surface area contributed by atoms with Crippen LogP contribution in [0.15, 0.2) is 18.5 Å². The van der Waals surface area contributed by atoms with Gasteiger partial charge in [0.1, 0.15) is 0 Å². The Balaban J connectivity index is 2.13. The largest absolute Gasteiger partial charge is 0.378 e. The highest BCUT2D eigenvalue weighted by Crippen LogP contribution is 2.15. The zero-order valence-electron chi connectivity index (χ0n) is 8.15. The van der Waals surface area contributed by atoms with Crippen LogP contribution in [0, 0.1) is 0 Å². The number of hydrogen-bond acceptors (Lipinski definition) is 4. The van der Waals surface area contributed by atoms with Crippen molar-refractivity contribution in [2.45, 2.75) is 6.54 Å². The molecule has 1 aliphatic rings. The van der Waals surface area contributed by atoms with Crippen LogP contribution in [-0.4, -0.2) is 31.3 Å². The van der Waals surface area contributed by atoms with E-state index < -0.39 is 0 Å². The van der Waals surface area contributed by atoms with Gasteiger partial charge in [0.2, 0.25) is 0 Å². The minimum absolute atomic E-state index is 0.547. The quantitative estimate of drug-likeness (QED) is 0.737. The van der Waals surface area contributed by atoms with Crippen molar-refractivity contribution >= 4 is 5.69 Å². The lowest BCUT2D eigenvalue weighted by Crippen LogP contribution is -2.36. The third-order valence-corrected chi connectivity index (χ3v) is 2.39. The standard InChI is InChI=1S/C10H15N3O/c11-6-9-5-10(8-12-7-9)13-1-3-14-4-2-13/h5,7-8H,1-4,6,11H2. The molecule has 14 heavy (non-hydrogen) atoms. The third kappa shape index (κ3) is 2.02. The minimum atomic E-state index is 0.547. The lowest BCUT2D eigenvalue weighted by atomic mass is 10.2. The fourth-order valence-corrected chi connectivity index (χ4v) is 1.58. The van der Waals surface area contributed by atoms with Crippen LogP contribution in [0.1, 0.15) is 5.56 Å². The molecular formula is C10H15N3O. The van der Waals surface area contributed by atoms with Crippen molar-refractivity contribution < 1.29 is 4.74 Å². The molecular weight excluding hydrogens is 178 g/mol. The van der Waals surface area contributed by atoms with Crippen molar-refractivity contribution in [1.82, 2.24) is 4.98 Å². The van der Waals surface area contributed by atoms with Gasteiger partial charge in [0.05, 0.1) is 25.1 Å². The van der Waals surface area contributed by atoms with E-state index in [0.29, 0.717) is 6.54 Å². The number of hydrogen-bond donors (Lipinski definition) is 1. The van der Waals surface area contributed by atoms with E-state index in [4.69, 9.17) is 10.5 Å². The molecule has 0 radical (unpaired) electrons. The summed E-state index contributed by atoms with van der Waals surface area (Å²) in [5.74, 6) is 0. The number of rotatable bonds is 2. The molecule has 0 atom stereocenters. The smallest absolute Gasteiger partial charge is 0.0642 e. The molecule has 0 aromatic carbocycles. The van der Waals surface area contributed by atoms with Crippen LogP contribution in [0.4, 0.5) is 5.69 Å². The Kier molecular flexibility index (Phi) is 2.96. The van der Waals surface area contributed by atoms with E-state index in [1.165, 1.54) is 0 Å². The van der Waals surface area contributed by atoms with Crippen LogP contribution in [-0.2, 0) is 11.3 Å².